The van der Waals surface area contributed by atoms with Crippen molar-refractivity contribution in [2.75, 3.05) is 13.6 Å². The first-order chi connectivity index (χ1) is 9.65. The molecule has 1 aromatic rings. The molecule has 1 aliphatic carbocycles. The molecule has 0 spiro atoms. The lowest BCUT2D eigenvalue weighted by Crippen LogP contribution is -2.46. The lowest BCUT2D eigenvalue weighted by molar-refractivity contribution is -0.133. The van der Waals surface area contributed by atoms with Gasteiger partial charge in [-0.1, -0.05) is 30.3 Å². The second kappa shape index (κ2) is 5.27. The van der Waals surface area contributed by atoms with Crippen molar-refractivity contribution in [1.82, 2.24) is 10.2 Å². The van der Waals surface area contributed by atoms with Crippen molar-refractivity contribution < 1.29 is 9.59 Å². The highest BCUT2D eigenvalue weighted by Crippen LogP contribution is 2.47. The SMILES string of the molecule is CN1CCC(NC(=O)[C@H]2C[C@@H]2c2ccccc2)CC1=O. The summed E-state index contributed by atoms with van der Waals surface area (Å²) < 4.78 is 0. The van der Waals surface area contributed by atoms with Gasteiger partial charge in [0.1, 0.15) is 0 Å². The molecule has 1 unspecified atom stereocenters. The molecule has 3 rings (SSSR count). The van der Waals surface area contributed by atoms with Crippen molar-refractivity contribution in [3.05, 3.63) is 35.9 Å². The molecule has 2 aliphatic rings. The average Bonchev–Trinajstić information content (AvgIpc) is 3.24. The molecule has 0 aromatic heterocycles. The van der Waals surface area contributed by atoms with Crippen LogP contribution in [0.2, 0.25) is 0 Å². The Morgan fingerprint density at radius 1 is 1.30 bits per heavy atom. The fraction of sp³-hybridized carbons (Fsp3) is 0.500. The van der Waals surface area contributed by atoms with Crippen LogP contribution in [0.5, 0.6) is 0 Å². The maximum absolute atomic E-state index is 12.2. The molecule has 1 saturated heterocycles. The monoisotopic (exact) mass is 272 g/mol. The summed E-state index contributed by atoms with van der Waals surface area (Å²) in [5.41, 5.74) is 1.24. The molecule has 0 bridgehead atoms. The molecule has 4 nitrogen and oxygen atoms in total. The van der Waals surface area contributed by atoms with Crippen molar-refractivity contribution in [2.45, 2.75) is 31.2 Å². The van der Waals surface area contributed by atoms with Gasteiger partial charge in [-0.2, -0.15) is 0 Å². The van der Waals surface area contributed by atoms with Crippen LogP contribution in [0.15, 0.2) is 30.3 Å². The van der Waals surface area contributed by atoms with E-state index in [2.05, 4.69) is 17.4 Å². The maximum Gasteiger partial charge on any atom is 0.224 e. The van der Waals surface area contributed by atoms with Crippen LogP contribution in [0.4, 0.5) is 0 Å². The van der Waals surface area contributed by atoms with Gasteiger partial charge >= 0.3 is 0 Å². The first kappa shape index (κ1) is 13.2. The van der Waals surface area contributed by atoms with Gasteiger partial charge in [-0.15, -0.1) is 0 Å². The van der Waals surface area contributed by atoms with E-state index in [9.17, 15) is 9.59 Å². The highest BCUT2D eigenvalue weighted by Gasteiger charge is 2.44. The van der Waals surface area contributed by atoms with Crippen molar-refractivity contribution in [2.24, 2.45) is 5.92 Å². The normalized spacial score (nSPS) is 29.1. The van der Waals surface area contributed by atoms with Crippen molar-refractivity contribution in [3.8, 4) is 0 Å². The van der Waals surface area contributed by atoms with E-state index in [1.165, 1.54) is 5.56 Å². The fourth-order valence-corrected chi connectivity index (χ4v) is 2.93. The second-order valence-corrected chi connectivity index (χ2v) is 5.87. The summed E-state index contributed by atoms with van der Waals surface area (Å²) >= 11 is 0. The van der Waals surface area contributed by atoms with Gasteiger partial charge in [-0.3, -0.25) is 9.59 Å². The molecule has 2 amide bonds. The summed E-state index contributed by atoms with van der Waals surface area (Å²) in [5, 5.41) is 3.05. The van der Waals surface area contributed by atoms with Gasteiger partial charge in [0.2, 0.25) is 11.8 Å². The minimum absolute atomic E-state index is 0.0169. The number of likely N-dealkylation sites (tertiary alicyclic amines) is 1. The first-order valence-corrected chi connectivity index (χ1v) is 7.24. The average molecular weight is 272 g/mol. The summed E-state index contributed by atoms with van der Waals surface area (Å²) in [6.45, 7) is 0.733. The molecule has 1 aliphatic heterocycles. The molecule has 20 heavy (non-hydrogen) atoms. The van der Waals surface area contributed by atoms with E-state index in [-0.39, 0.29) is 23.8 Å². The molecule has 1 aromatic carbocycles. The highest BCUT2D eigenvalue weighted by atomic mass is 16.2. The Bertz CT molecular complexity index is 514. The maximum atomic E-state index is 12.2. The number of carbonyl (C=O) groups is 2. The Hall–Kier alpha value is -1.84. The van der Waals surface area contributed by atoms with Crippen LogP contribution in [-0.2, 0) is 9.59 Å². The molecule has 0 radical (unpaired) electrons. The zero-order valence-corrected chi connectivity index (χ0v) is 11.7. The number of nitrogens with zero attached hydrogens (tertiary/aromatic N) is 1. The number of carbonyl (C=O) groups excluding carboxylic acids is 2. The van der Waals surface area contributed by atoms with E-state index in [0.717, 1.165) is 19.4 Å². The van der Waals surface area contributed by atoms with Gasteiger partial charge in [0, 0.05) is 32.0 Å². The summed E-state index contributed by atoms with van der Waals surface area (Å²) in [6, 6.07) is 10.2. The van der Waals surface area contributed by atoms with E-state index >= 15 is 0 Å². The molecule has 1 saturated carbocycles. The lowest BCUT2D eigenvalue weighted by atomic mass is 10.0. The predicted octanol–water partition coefficient (Wildman–Crippen LogP) is 1.53. The summed E-state index contributed by atoms with van der Waals surface area (Å²) in [7, 11) is 1.81. The highest BCUT2D eigenvalue weighted by molar-refractivity contribution is 5.84. The van der Waals surface area contributed by atoms with Gasteiger partial charge in [0.15, 0.2) is 0 Å². The summed E-state index contributed by atoms with van der Waals surface area (Å²) in [4.78, 5) is 25.6. The minimum atomic E-state index is 0.0169. The third-order valence-electron chi connectivity index (χ3n) is 4.36. The quantitative estimate of drug-likeness (QED) is 0.907. The molecule has 3 atom stereocenters. The van der Waals surface area contributed by atoms with Crippen molar-refractivity contribution in [3.63, 3.8) is 0 Å². The molecule has 106 valence electrons. The Morgan fingerprint density at radius 2 is 2.05 bits per heavy atom. The van der Waals surface area contributed by atoms with Crippen LogP contribution in [0.1, 0.15) is 30.7 Å². The molecular weight excluding hydrogens is 252 g/mol. The Kier molecular flexibility index (Phi) is 3.47. The largest absolute Gasteiger partial charge is 0.353 e. The van der Waals surface area contributed by atoms with Gasteiger partial charge in [0.05, 0.1) is 0 Å². The molecule has 2 fully saturated rings. The summed E-state index contributed by atoms with van der Waals surface area (Å²) in [5.74, 6) is 0.684. The minimum Gasteiger partial charge on any atom is -0.353 e. The van der Waals surface area contributed by atoms with Crippen LogP contribution in [0.3, 0.4) is 0 Å². The number of hydrogen-bond donors (Lipinski definition) is 1. The van der Waals surface area contributed by atoms with E-state index in [1.807, 2.05) is 25.2 Å². The Labute approximate surface area is 119 Å². The number of piperidine rings is 1. The van der Waals surface area contributed by atoms with E-state index in [1.54, 1.807) is 4.90 Å². The van der Waals surface area contributed by atoms with Gasteiger partial charge < -0.3 is 10.2 Å². The van der Waals surface area contributed by atoms with Crippen LogP contribution >= 0.6 is 0 Å². The van der Waals surface area contributed by atoms with Crippen molar-refractivity contribution in [1.29, 1.82) is 0 Å². The standard InChI is InChI=1S/C16H20N2O2/c1-18-8-7-12(9-15(18)19)17-16(20)14-10-13(14)11-5-3-2-4-6-11/h2-6,12-14H,7-10H2,1H3,(H,17,20)/t12?,13-,14+/m1/s1. The van der Waals surface area contributed by atoms with Crippen LogP contribution in [0, 0.1) is 5.92 Å². The van der Waals surface area contributed by atoms with E-state index in [0.29, 0.717) is 12.3 Å². The second-order valence-electron chi connectivity index (χ2n) is 5.87. The zero-order valence-electron chi connectivity index (χ0n) is 11.7. The number of nitrogens with one attached hydrogen (secondary N) is 1. The van der Waals surface area contributed by atoms with Crippen molar-refractivity contribution >= 4 is 11.8 Å². The summed E-state index contributed by atoms with van der Waals surface area (Å²) in [6.07, 6.45) is 2.22. The molecule has 4 heteroatoms. The van der Waals surface area contributed by atoms with E-state index in [4.69, 9.17) is 0 Å². The first-order valence-electron chi connectivity index (χ1n) is 7.24. The van der Waals surface area contributed by atoms with Gasteiger partial charge in [0.25, 0.3) is 0 Å². The smallest absolute Gasteiger partial charge is 0.224 e. The number of amides is 2. The Morgan fingerprint density at radius 3 is 2.75 bits per heavy atom. The van der Waals surface area contributed by atoms with E-state index < -0.39 is 0 Å². The predicted molar refractivity (Wildman–Crippen MR) is 76.1 cm³/mol. The van der Waals surface area contributed by atoms with Crippen LogP contribution < -0.4 is 5.32 Å². The van der Waals surface area contributed by atoms with Gasteiger partial charge in [-0.25, -0.2) is 0 Å². The zero-order chi connectivity index (χ0) is 14.1. The number of benzene rings is 1. The fourth-order valence-electron chi connectivity index (χ4n) is 2.93. The lowest BCUT2D eigenvalue weighted by Gasteiger charge is -2.29. The molecule has 1 N–H and O–H groups in total. The van der Waals surface area contributed by atoms with Crippen LogP contribution in [0.25, 0.3) is 0 Å². The number of rotatable bonds is 3. The third kappa shape index (κ3) is 2.69. The Balaban J connectivity index is 1.53. The number of hydrogen-bond acceptors (Lipinski definition) is 2. The van der Waals surface area contributed by atoms with Crippen LogP contribution in [-0.4, -0.2) is 36.3 Å². The third-order valence-corrected chi connectivity index (χ3v) is 4.36. The topological polar surface area (TPSA) is 49.4 Å². The molecule has 1 heterocycles. The molecular formula is C16H20N2O2. The van der Waals surface area contributed by atoms with Gasteiger partial charge in [-0.05, 0) is 24.3 Å².